The molecular formula is C9H16N2O5. The second-order valence-corrected chi connectivity index (χ2v) is 4.22. The third-order valence-corrected chi connectivity index (χ3v) is 1.63. The first-order valence-corrected chi connectivity index (χ1v) is 4.64. The lowest BCUT2D eigenvalue weighted by Crippen LogP contribution is -2.46. The Kier molecular flexibility index (Phi) is 4.90. The summed E-state index contributed by atoms with van der Waals surface area (Å²) in [7, 11) is 0. The highest BCUT2D eigenvalue weighted by Crippen LogP contribution is 2.04. The van der Waals surface area contributed by atoms with Gasteiger partial charge in [-0.05, 0) is 13.8 Å². The van der Waals surface area contributed by atoms with Crippen LogP contribution in [0.2, 0.25) is 0 Å². The molecule has 7 heteroatoms. The van der Waals surface area contributed by atoms with Crippen LogP contribution in [-0.4, -0.2) is 39.6 Å². The highest BCUT2D eigenvalue weighted by Gasteiger charge is 2.25. The molecule has 0 saturated carbocycles. The largest absolute Gasteiger partial charge is 0.481 e. The van der Waals surface area contributed by atoms with Crippen molar-refractivity contribution in [2.75, 3.05) is 0 Å². The molecule has 0 aromatic carbocycles. The van der Waals surface area contributed by atoms with E-state index in [4.69, 9.17) is 15.9 Å². The maximum Gasteiger partial charge on any atom is 0.326 e. The fourth-order valence-corrected chi connectivity index (χ4v) is 1.03. The lowest BCUT2D eigenvalue weighted by molar-refractivity contribution is -0.147. The van der Waals surface area contributed by atoms with E-state index >= 15 is 0 Å². The molecule has 1 atom stereocenters. The summed E-state index contributed by atoms with van der Waals surface area (Å²) >= 11 is 0. The number of rotatable bonds is 6. The van der Waals surface area contributed by atoms with E-state index < -0.39 is 35.8 Å². The highest BCUT2D eigenvalue weighted by molar-refractivity contribution is 5.87. The number of hydrogen-bond acceptors (Lipinski definition) is 4. The topological polar surface area (TPSA) is 130 Å². The average molecular weight is 232 g/mol. The number of amides is 1. The Morgan fingerprint density at radius 1 is 1.31 bits per heavy atom. The SMILES string of the molecule is CC(C)(N)CC(=O)NC(CC(=O)O)C(=O)O. The molecule has 5 N–H and O–H groups in total. The number of nitrogens with two attached hydrogens (primary N) is 1. The molecule has 0 radical (unpaired) electrons. The molecule has 7 nitrogen and oxygen atoms in total. The van der Waals surface area contributed by atoms with Crippen LogP contribution in [0.4, 0.5) is 0 Å². The number of carboxylic acids is 2. The van der Waals surface area contributed by atoms with Gasteiger partial charge >= 0.3 is 11.9 Å². The van der Waals surface area contributed by atoms with Gasteiger partial charge < -0.3 is 21.3 Å². The summed E-state index contributed by atoms with van der Waals surface area (Å²) in [6.45, 7) is 3.22. The van der Waals surface area contributed by atoms with Crippen molar-refractivity contribution < 1.29 is 24.6 Å². The van der Waals surface area contributed by atoms with Crippen LogP contribution >= 0.6 is 0 Å². The minimum absolute atomic E-state index is 0.0730. The number of nitrogens with one attached hydrogen (secondary N) is 1. The van der Waals surface area contributed by atoms with E-state index in [2.05, 4.69) is 5.32 Å². The minimum atomic E-state index is -1.42. The molecule has 0 spiro atoms. The molecule has 0 rings (SSSR count). The summed E-state index contributed by atoms with van der Waals surface area (Å²) in [6, 6.07) is -1.42. The van der Waals surface area contributed by atoms with E-state index in [-0.39, 0.29) is 6.42 Å². The third-order valence-electron chi connectivity index (χ3n) is 1.63. The fourth-order valence-electron chi connectivity index (χ4n) is 1.03. The molecular weight excluding hydrogens is 216 g/mol. The molecule has 0 aromatic heterocycles. The molecule has 1 amide bonds. The first-order chi connectivity index (χ1) is 7.11. The molecule has 0 heterocycles. The predicted molar refractivity (Wildman–Crippen MR) is 54.7 cm³/mol. The summed E-state index contributed by atoms with van der Waals surface area (Å²) in [5.74, 6) is -3.26. The van der Waals surface area contributed by atoms with Gasteiger partial charge in [0.15, 0.2) is 0 Å². The number of carbonyl (C=O) groups excluding carboxylic acids is 1. The third kappa shape index (κ3) is 6.77. The van der Waals surface area contributed by atoms with Crippen LogP contribution in [0.3, 0.4) is 0 Å². The average Bonchev–Trinajstić information content (AvgIpc) is 1.97. The van der Waals surface area contributed by atoms with Crippen molar-refractivity contribution in [2.24, 2.45) is 5.73 Å². The first kappa shape index (κ1) is 14.4. The second-order valence-electron chi connectivity index (χ2n) is 4.22. The van der Waals surface area contributed by atoms with E-state index in [1.165, 1.54) is 0 Å². The maximum absolute atomic E-state index is 11.3. The predicted octanol–water partition coefficient (Wildman–Crippen LogP) is -0.842. The van der Waals surface area contributed by atoms with Gasteiger partial charge in [0.2, 0.25) is 5.91 Å². The molecule has 0 saturated heterocycles. The Morgan fingerprint density at radius 3 is 2.12 bits per heavy atom. The van der Waals surface area contributed by atoms with Crippen molar-refractivity contribution in [1.82, 2.24) is 5.32 Å². The summed E-state index contributed by atoms with van der Waals surface area (Å²) < 4.78 is 0. The van der Waals surface area contributed by atoms with Crippen LogP contribution in [0.1, 0.15) is 26.7 Å². The van der Waals surface area contributed by atoms with Gasteiger partial charge in [-0.3, -0.25) is 9.59 Å². The molecule has 0 aliphatic carbocycles. The number of aliphatic carboxylic acids is 2. The van der Waals surface area contributed by atoms with Crippen molar-refractivity contribution in [3.8, 4) is 0 Å². The molecule has 16 heavy (non-hydrogen) atoms. The van der Waals surface area contributed by atoms with Crippen molar-refractivity contribution in [2.45, 2.75) is 38.3 Å². The van der Waals surface area contributed by atoms with Crippen LogP contribution in [0.25, 0.3) is 0 Å². The lowest BCUT2D eigenvalue weighted by atomic mass is 10.0. The van der Waals surface area contributed by atoms with Crippen LogP contribution in [0, 0.1) is 0 Å². The molecule has 0 bridgehead atoms. The Labute approximate surface area is 92.6 Å². The van der Waals surface area contributed by atoms with Crippen LogP contribution < -0.4 is 11.1 Å². The summed E-state index contributed by atoms with van der Waals surface area (Å²) in [6.07, 6.45) is -0.734. The van der Waals surface area contributed by atoms with Crippen molar-refractivity contribution in [3.05, 3.63) is 0 Å². The van der Waals surface area contributed by atoms with Gasteiger partial charge in [0, 0.05) is 12.0 Å². The number of carboxylic acid groups (broad SMARTS) is 2. The van der Waals surface area contributed by atoms with Gasteiger partial charge in [-0.1, -0.05) is 0 Å². The highest BCUT2D eigenvalue weighted by atomic mass is 16.4. The van der Waals surface area contributed by atoms with Crippen molar-refractivity contribution >= 4 is 17.8 Å². The number of hydrogen-bond donors (Lipinski definition) is 4. The maximum atomic E-state index is 11.3. The zero-order valence-electron chi connectivity index (χ0n) is 9.19. The summed E-state index contributed by atoms with van der Waals surface area (Å²) in [5.41, 5.74) is 4.80. The van der Waals surface area contributed by atoms with Gasteiger partial charge in [-0.25, -0.2) is 4.79 Å². The minimum Gasteiger partial charge on any atom is -0.481 e. The fraction of sp³-hybridized carbons (Fsp3) is 0.667. The van der Waals surface area contributed by atoms with Crippen molar-refractivity contribution in [3.63, 3.8) is 0 Å². The van der Waals surface area contributed by atoms with Crippen LogP contribution in [0.15, 0.2) is 0 Å². The first-order valence-electron chi connectivity index (χ1n) is 4.64. The zero-order chi connectivity index (χ0) is 12.9. The van der Waals surface area contributed by atoms with Gasteiger partial charge in [0.1, 0.15) is 6.04 Å². The van der Waals surface area contributed by atoms with E-state index in [0.29, 0.717) is 0 Å². The normalized spacial score (nSPS) is 12.9. The van der Waals surface area contributed by atoms with Gasteiger partial charge in [-0.2, -0.15) is 0 Å². The summed E-state index contributed by atoms with van der Waals surface area (Å²) in [4.78, 5) is 32.3. The van der Waals surface area contributed by atoms with Crippen LogP contribution in [0.5, 0.6) is 0 Å². The van der Waals surface area contributed by atoms with E-state index in [1.807, 2.05) is 0 Å². The molecule has 92 valence electrons. The molecule has 0 aliphatic heterocycles. The molecule has 0 aromatic rings. The Morgan fingerprint density at radius 2 is 1.81 bits per heavy atom. The smallest absolute Gasteiger partial charge is 0.326 e. The second kappa shape index (κ2) is 5.45. The van der Waals surface area contributed by atoms with E-state index in [1.54, 1.807) is 13.8 Å². The van der Waals surface area contributed by atoms with E-state index in [0.717, 1.165) is 0 Å². The monoisotopic (exact) mass is 232 g/mol. The Bertz CT molecular complexity index is 295. The van der Waals surface area contributed by atoms with Gasteiger partial charge in [0.05, 0.1) is 6.42 Å². The Balaban J connectivity index is 4.35. The standard InChI is InChI=1S/C9H16N2O5/c1-9(2,10)4-6(12)11-5(8(15)16)3-7(13)14/h5H,3-4,10H2,1-2H3,(H,11,12)(H,13,14)(H,15,16). The molecule has 0 aliphatic rings. The van der Waals surface area contributed by atoms with Crippen LogP contribution in [-0.2, 0) is 14.4 Å². The zero-order valence-corrected chi connectivity index (χ0v) is 9.19. The molecule has 0 fully saturated rings. The van der Waals surface area contributed by atoms with Crippen molar-refractivity contribution in [1.29, 1.82) is 0 Å². The molecule has 1 unspecified atom stereocenters. The summed E-state index contributed by atoms with van der Waals surface area (Å²) in [5, 5.41) is 19.2. The quantitative estimate of drug-likeness (QED) is 0.472. The van der Waals surface area contributed by atoms with Gasteiger partial charge in [0.25, 0.3) is 0 Å². The van der Waals surface area contributed by atoms with Gasteiger partial charge in [-0.15, -0.1) is 0 Å². The lowest BCUT2D eigenvalue weighted by Gasteiger charge is -2.19. The Hall–Kier alpha value is -1.63. The van der Waals surface area contributed by atoms with E-state index in [9.17, 15) is 14.4 Å². The number of carbonyl (C=O) groups is 3.